The van der Waals surface area contributed by atoms with Gasteiger partial charge in [0.2, 0.25) is 0 Å². The summed E-state index contributed by atoms with van der Waals surface area (Å²) < 4.78 is 4.80. The molecular weight excluding hydrogens is 324 g/mol. The number of nitrogens with zero attached hydrogens (tertiary/aromatic N) is 2. The number of hydrogen-bond acceptors (Lipinski definition) is 5. The van der Waals surface area contributed by atoms with Gasteiger partial charge in [-0.3, -0.25) is 14.9 Å². The predicted octanol–water partition coefficient (Wildman–Crippen LogP) is 3.07. The molecule has 2 rings (SSSR count). The fourth-order valence-corrected chi connectivity index (χ4v) is 2.74. The Morgan fingerprint density at radius 1 is 1.36 bits per heavy atom. The Balaban J connectivity index is 2.56. The van der Waals surface area contributed by atoms with Crippen LogP contribution in [0.25, 0.3) is 6.08 Å². The molecule has 132 valence electrons. The predicted molar refractivity (Wildman–Crippen MR) is 92.4 cm³/mol. The Labute approximate surface area is 145 Å². The lowest BCUT2D eigenvalue weighted by molar-refractivity contribution is -0.385. The molecule has 0 unspecified atom stereocenters. The molecule has 0 radical (unpaired) electrons. The lowest BCUT2D eigenvalue weighted by Crippen LogP contribution is -2.26. The molecule has 0 saturated carbocycles. The Morgan fingerprint density at radius 3 is 2.64 bits per heavy atom. The van der Waals surface area contributed by atoms with Crippen LogP contribution in [0.4, 0.5) is 5.69 Å². The highest BCUT2D eigenvalue weighted by Crippen LogP contribution is 2.33. The first-order valence-corrected chi connectivity index (χ1v) is 7.98. The van der Waals surface area contributed by atoms with Crippen molar-refractivity contribution in [2.24, 2.45) is 0 Å². The molecule has 0 spiro atoms. The number of rotatable bonds is 6. The van der Waals surface area contributed by atoms with Gasteiger partial charge in [0.15, 0.2) is 0 Å². The van der Waals surface area contributed by atoms with Crippen LogP contribution in [0.15, 0.2) is 41.1 Å². The second-order valence-electron chi connectivity index (χ2n) is 5.64. The van der Waals surface area contributed by atoms with E-state index in [-0.39, 0.29) is 28.3 Å². The summed E-state index contributed by atoms with van der Waals surface area (Å²) in [5.41, 5.74) is 0.922. The van der Waals surface area contributed by atoms with Crippen LogP contribution in [0.3, 0.4) is 0 Å². The molecule has 0 saturated heterocycles. The quantitative estimate of drug-likeness (QED) is 0.342. The highest BCUT2D eigenvalue weighted by atomic mass is 16.6. The molecule has 7 nitrogen and oxygen atoms in total. The summed E-state index contributed by atoms with van der Waals surface area (Å²) in [5, 5.41) is 11.2. The van der Waals surface area contributed by atoms with E-state index >= 15 is 0 Å². The molecule has 1 aliphatic heterocycles. The fourth-order valence-electron chi connectivity index (χ4n) is 2.74. The minimum Gasteiger partial charge on any atom is -0.465 e. The number of para-hydroxylation sites is 1. The molecule has 25 heavy (non-hydrogen) atoms. The van der Waals surface area contributed by atoms with Crippen LogP contribution in [0.2, 0.25) is 0 Å². The number of hydrogen-bond donors (Lipinski definition) is 0. The summed E-state index contributed by atoms with van der Waals surface area (Å²) in [5.74, 6) is -0.973. The molecule has 1 aromatic carbocycles. The van der Waals surface area contributed by atoms with Gasteiger partial charge in [-0.15, -0.1) is 0 Å². The Hall–Kier alpha value is -2.96. The Bertz CT molecular complexity index is 779. The van der Waals surface area contributed by atoms with Crippen molar-refractivity contribution in [3.05, 3.63) is 56.8 Å². The average Bonchev–Trinajstić information content (AvgIpc) is 2.83. The standard InChI is InChI=1S/C18H20N2O5/c1-4-5-10-19-12(2)16(18(22)25-3)14(17(19)21)11-13-8-6-7-9-15(13)20(23)24/h6-9,11H,4-5,10H2,1-3H3/b14-11-. The van der Waals surface area contributed by atoms with Gasteiger partial charge in [-0.05, 0) is 25.5 Å². The van der Waals surface area contributed by atoms with Crippen molar-refractivity contribution >= 4 is 23.6 Å². The van der Waals surface area contributed by atoms with Crippen molar-refractivity contribution in [2.75, 3.05) is 13.7 Å². The molecule has 0 N–H and O–H groups in total. The number of methoxy groups -OCH3 is 1. The maximum atomic E-state index is 12.8. The van der Waals surface area contributed by atoms with E-state index in [0.717, 1.165) is 12.8 Å². The summed E-state index contributed by atoms with van der Waals surface area (Å²) in [4.78, 5) is 37.2. The van der Waals surface area contributed by atoms with E-state index < -0.39 is 10.9 Å². The molecule has 0 bridgehead atoms. The smallest absolute Gasteiger partial charge is 0.340 e. The molecular formula is C18H20N2O5. The molecule has 1 aliphatic rings. The van der Waals surface area contributed by atoms with Crippen LogP contribution in [0, 0.1) is 10.1 Å². The Morgan fingerprint density at radius 2 is 2.04 bits per heavy atom. The third kappa shape index (κ3) is 3.60. The van der Waals surface area contributed by atoms with Crippen molar-refractivity contribution in [2.45, 2.75) is 26.7 Å². The number of esters is 1. The number of benzene rings is 1. The number of nitro groups is 1. The number of ether oxygens (including phenoxy) is 1. The van der Waals surface area contributed by atoms with Gasteiger partial charge < -0.3 is 9.64 Å². The Kier molecular flexibility index (Phi) is 5.69. The summed E-state index contributed by atoms with van der Waals surface area (Å²) in [7, 11) is 1.24. The number of carbonyl (C=O) groups excluding carboxylic acids is 2. The fraction of sp³-hybridized carbons (Fsp3) is 0.333. The lowest BCUT2D eigenvalue weighted by Gasteiger charge is -2.17. The van der Waals surface area contributed by atoms with Gasteiger partial charge in [0.25, 0.3) is 11.6 Å². The van der Waals surface area contributed by atoms with E-state index in [1.165, 1.54) is 30.2 Å². The zero-order valence-electron chi connectivity index (χ0n) is 14.4. The van der Waals surface area contributed by atoms with Crippen LogP contribution >= 0.6 is 0 Å². The SMILES string of the molecule is CCCCN1C(=O)/C(=C\c2ccccc2[N+](=O)[O-])C(C(=O)OC)=C1C. The van der Waals surface area contributed by atoms with Crippen LogP contribution in [0.5, 0.6) is 0 Å². The summed E-state index contributed by atoms with van der Waals surface area (Å²) in [6, 6.07) is 6.08. The van der Waals surface area contributed by atoms with Gasteiger partial charge in [-0.1, -0.05) is 25.5 Å². The summed E-state index contributed by atoms with van der Waals surface area (Å²) in [6.45, 7) is 4.17. The number of amides is 1. The zero-order chi connectivity index (χ0) is 18.6. The third-order valence-electron chi connectivity index (χ3n) is 4.07. The van der Waals surface area contributed by atoms with E-state index in [0.29, 0.717) is 12.2 Å². The molecule has 0 aromatic heterocycles. The number of unbranched alkanes of at least 4 members (excludes halogenated alkanes) is 1. The van der Waals surface area contributed by atoms with Crippen LogP contribution in [0.1, 0.15) is 32.3 Å². The molecule has 1 amide bonds. The molecule has 0 atom stereocenters. The summed E-state index contributed by atoms with van der Waals surface area (Å²) in [6.07, 6.45) is 3.08. The highest BCUT2D eigenvalue weighted by Gasteiger charge is 2.37. The van der Waals surface area contributed by atoms with Crippen LogP contribution in [-0.2, 0) is 14.3 Å². The van der Waals surface area contributed by atoms with Crippen LogP contribution < -0.4 is 0 Å². The van der Waals surface area contributed by atoms with E-state index in [1.807, 2.05) is 6.92 Å². The normalized spacial score (nSPS) is 15.9. The van der Waals surface area contributed by atoms with Gasteiger partial charge in [-0.25, -0.2) is 4.79 Å². The largest absolute Gasteiger partial charge is 0.465 e. The van der Waals surface area contributed by atoms with E-state index in [4.69, 9.17) is 4.74 Å². The van der Waals surface area contributed by atoms with Crippen LogP contribution in [-0.4, -0.2) is 35.4 Å². The maximum absolute atomic E-state index is 12.8. The first kappa shape index (κ1) is 18.4. The number of nitro benzene ring substituents is 1. The summed E-state index contributed by atoms with van der Waals surface area (Å²) >= 11 is 0. The van der Waals surface area contributed by atoms with E-state index in [1.54, 1.807) is 19.1 Å². The highest BCUT2D eigenvalue weighted by molar-refractivity contribution is 6.16. The molecule has 1 heterocycles. The topological polar surface area (TPSA) is 89.8 Å². The van der Waals surface area contributed by atoms with E-state index in [2.05, 4.69) is 0 Å². The lowest BCUT2D eigenvalue weighted by atomic mass is 10.0. The molecule has 1 aromatic rings. The minimum absolute atomic E-state index is 0.120. The van der Waals surface area contributed by atoms with Crippen molar-refractivity contribution in [3.63, 3.8) is 0 Å². The first-order valence-electron chi connectivity index (χ1n) is 7.98. The number of carbonyl (C=O) groups is 2. The van der Waals surface area contributed by atoms with Gasteiger partial charge in [0.05, 0.1) is 28.7 Å². The van der Waals surface area contributed by atoms with Gasteiger partial charge in [0, 0.05) is 18.3 Å². The molecule has 0 fully saturated rings. The van der Waals surface area contributed by atoms with Crippen molar-refractivity contribution in [1.29, 1.82) is 0 Å². The molecule has 7 heteroatoms. The first-order chi connectivity index (χ1) is 11.9. The van der Waals surface area contributed by atoms with Gasteiger partial charge >= 0.3 is 5.97 Å². The second-order valence-corrected chi connectivity index (χ2v) is 5.64. The monoisotopic (exact) mass is 344 g/mol. The van der Waals surface area contributed by atoms with Gasteiger partial charge in [-0.2, -0.15) is 0 Å². The van der Waals surface area contributed by atoms with Crippen molar-refractivity contribution in [3.8, 4) is 0 Å². The van der Waals surface area contributed by atoms with Gasteiger partial charge in [0.1, 0.15) is 0 Å². The third-order valence-corrected chi connectivity index (χ3v) is 4.07. The minimum atomic E-state index is -0.630. The van der Waals surface area contributed by atoms with E-state index in [9.17, 15) is 19.7 Å². The maximum Gasteiger partial charge on any atom is 0.340 e. The second kappa shape index (κ2) is 7.74. The molecule has 0 aliphatic carbocycles. The average molecular weight is 344 g/mol. The van der Waals surface area contributed by atoms with Crippen molar-refractivity contribution in [1.82, 2.24) is 4.90 Å². The van der Waals surface area contributed by atoms with Crippen molar-refractivity contribution < 1.29 is 19.2 Å². The zero-order valence-corrected chi connectivity index (χ0v) is 14.4. The number of allylic oxidation sites excluding steroid dienone is 1.